The Hall–Kier alpha value is -4.36. The van der Waals surface area contributed by atoms with Crippen molar-refractivity contribution in [2.45, 2.75) is 25.7 Å². The minimum Gasteiger partial charge on any atom is -0.478 e. The van der Waals surface area contributed by atoms with Gasteiger partial charge >= 0.3 is 23.9 Å². The van der Waals surface area contributed by atoms with Crippen molar-refractivity contribution in [3.8, 4) is 0 Å². The predicted molar refractivity (Wildman–Crippen MR) is 149 cm³/mol. The smallest absolute Gasteiger partial charge is 0.336 e. The normalized spacial score (nSPS) is 11.6. The third kappa shape index (κ3) is 8.32. The van der Waals surface area contributed by atoms with Crippen molar-refractivity contribution in [3.63, 3.8) is 0 Å². The van der Waals surface area contributed by atoms with Crippen LogP contribution in [0.2, 0.25) is 0 Å². The molecule has 4 N–H and O–H groups in total. The molecule has 0 saturated heterocycles. The maximum atomic E-state index is 11.2. The fourth-order valence-electron chi connectivity index (χ4n) is 4.26. The van der Waals surface area contributed by atoms with E-state index in [0.717, 1.165) is 22.3 Å². The number of benzene rings is 4. The molecule has 0 aliphatic rings. The molecule has 0 aliphatic heterocycles. The summed E-state index contributed by atoms with van der Waals surface area (Å²) >= 11 is 0. The van der Waals surface area contributed by atoms with Gasteiger partial charge in [0.1, 0.15) is 0 Å². The van der Waals surface area contributed by atoms with E-state index in [1.54, 1.807) is 12.1 Å². The van der Waals surface area contributed by atoms with E-state index in [1.165, 1.54) is 24.3 Å². The maximum absolute atomic E-state index is 11.2. The van der Waals surface area contributed by atoms with Crippen LogP contribution in [0.15, 0.2) is 97.1 Å². The number of aromatic carboxylic acids is 4. The van der Waals surface area contributed by atoms with E-state index >= 15 is 0 Å². The molecule has 0 heterocycles. The predicted octanol–water partition coefficient (Wildman–Crippen LogP) is 6.47. The van der Waals surface area contributed by atoms with Gasteiger partial charge in [-0.15, -0.1) is 0 Å². The fourth-order valence-corrected chi connectivity index (χ4v) is 4.26. The molecule has 2 unspecified atom stereocenters. The number of carbonyl (C=O) groups is 4. The summed E-state index contributed by atoms with van der Waals surface area (Å²) in [5.74, 6) is -4.94. The van der Waals surface area contributed by atoms with Gasteiger partial charge in [-0.1, -0.05) is 86.6 Å². The molecule has 0 aromatic heterocycles. The summed E-state index contributed by atoms with van der Waals surface area (Å²) in [6, 6.07) is 28.2. The van der Waals surface area contributed by atoms with E-state index < -0.39 is 23.9 Å². The van der Waals surface area contributed by atoms with Crippen LogP contribution in [0, 0.1) is 0 Å². The Kier molecular flexibility index (Phi) is 11.9. The molecular weight excluding hydrogens is 604 g/mol. The van der Waals surface area contributed by atoms with E-state index in [4.69, 9.17) is 20.4 Å². The second-order valence-corrected chi connectivity index (χ2v) is 9.10. The van der Waals surface area contributed by atoms with Crippen molar-refractivity contribution in [1.82, 2.24) is 0 Å². The second-order valence-electron chi connectivity index (χ2n) is 9.10. The van der Waals surface area contributed by atoms with Crippen LogP contribution < -0.4 is 0 Å². The van der Waals surface area contributed by atoms with E-state index in [2.05, 4.69) is 0 Å². The van der Waals surface area contributed by atoms with Crippen LogP contribution in [0.3, 0.4) is 0 Å². The molecule has 8 nitrogen and oxygen atoms in total. The zero-order chi connectivity index (χ0) is 29.4. The summed E-state index contributed by atoms with van der Waals surface area (Å²) in [5.41, 5.74) is 2.90. The van der Waals surface area contributed by atoms with Gasteiger partial charge in [0.2, 0.25) is 0 Å². The summed E-state index contributed by atoms with van der Waals surface area (Å²) in [6.45, 7) is 3.91. The van der Waals surface area contributed by atoms with E-state index in [-0.39, 0.29) is 60.3 Å². The molecule has 0 amide bonds. The molecule has 0 bridgehead atoms. The molecule has 4 rings (SSSR count). The number of carboxylic acids is 4. The minimum absolute atomic E-state index is 0. The standard InChI is InChI=1S/2C16H14O4.Zr/c2*1-10(11-5-3-2-4-6-11)12-7-8-13(15(17)18)14(9-12)16(19)20;/h2*2-10H,1H3,(H,17,18)(H,19,20);. The molecule has 0 radical (unpaired) electrons. The van der Waals surface area contributed by atoms with Gasteiger partial charge in [0.25, 0.3) is 0 Å². The molecular formula is C32H28O8Zr. The second kappa shape index (κ2) is 14.9. The third-order valence-electron chi connectivity index (χ3n) is 6.61. The quantitative estimate of drug-likeness (QED) is 0.173. The summed E-state index contributed by atoms with van der Waals surface area (Å²) in [7, 11) is 0. The third-order valence-corrected chi connectivity index (χ3v) is 6.61. The van der Waals surface area contributed by atoms with Crippen molar-refractivity contribution in [2.24, 2.45) is 0 Å². The van der Waals surface area contributed by atoms with Gasteiger partial charge in [-0.3, -0.25) is 0 Å². The molecule has 41 heavy (non-hydrogen) atoms. The van der Waals surface area contributed by atoms with Crippen LogP contribution in [0.1, 0.15) is 89.4 Å². The molecule has 0 spiro atoms. The van der Waals surface area contributed by atoms with Gasteiger partial charge in [0.15, 0.2) is 0 Å². The summed E-state index contributed by atoms with van der Waals surface area (Å²) in [5, 5.41) is 36.3. The Bertz CT molecular complexity index is 1420. The van der Waals surface area contributed by atoms with Gasteiger partial charge in [-0.2, -0.15) is 0 Å². The van der Waals surface area contributed by atoms with Crippen LogP contribution in [-0.2, 0) is 26.2 Å². The van der Waals surface area contributed by atoms with E-state index in [1.807, 2.05) is 74.5 Å². The molecule has 2 atom stereocenters. The first kappa shape index (κ1) is 32.9. The molecule has 0 saturated carbocycles. The van der Waals surface area contributed by atoms with Crippen LogP contribution in [0.25, 0.3) is 0 Å². The number of carboxylic acid groups (broad SMARTS) is 4. The Morgan fingerprint density at radius 3 is 1.00 bits per heavy atom. The van der Waals surface area contributed by atoms with E-state index in [9.17, 15) is 19.2 Å². The van der Waals surface area contributed by atoms with Crippen molar-refractivity contribution < 1.29 is 65.8 Å². The van der Waals surface area contributed by atoms with Crippen LogP contribution in [-0.4, -0.2) is 44.3 Å². The Labute approximate surface area is 256 Å². The Morgan fingerprint density at radius 2 is 0.732 bits per heavy atom. The number of rotatable bonds is 8. The topological polar surface area (TPSA) is 149 Å². The van der Waals surface area contributed by atoms with Gasteiger partial charge in [0.05, 0.1) is 22.3 Å². The number of hydrogen-bond donors (Lipinski definition) is 4. The molecule has 9 heteroatoms. The maximum Gasteiger partial charge on any atom is 0.336 e. The minimum atomic E-state index is -1.23. The first-order valence-corrected chi connectivity index (χ1v) is 12.3. The van der Waals surface area contributed by atoms with Crippen LogP contribution in [0.4, 0.5) is 0 Å². The van der Waals surface area contributed by atoms with Gasteiger partial charge in [0, 0.05) is 38.0 Å². The molecule has 4 aromatic rings. The van der Waals surface area contributed by atoms with Crippen molar-refractivity contribution in [2.75, 3.05) is 0 Å². The van der Waals surface area contributed by atoms with Crippen LogP contribution in [0.5, 0.6) is 0 Å². The average molecular weight is 632 g/mol. The van der Waals surface area contributed by atoms with Crippen molar-refractivity contribution >= 4 is 23.9 Å². The summed E-state index contributed by atoms with van der Waals surface area (Å²) in [6.07, 6.45) is 0. The zero-order valence-corrected chi connectivity index (χ0v) is 24.8. The summed E-state index contributed by atoms with van der Waals surface area (Å²) < 4.78 is 0. The zero-order valence-electron chi connectivity index (χ0n) is 22.3. The van der Waals surface area contributed by atoms with Gasteiger partial charge in [-0.05, 0) is 46.5 Å². The van der Waals surface area contributed by atoms with Crippen LogP contribution >= 0.6 is 0 Å². The molecule has 0 aliphatic carbocycles. The number of hydrogen-bond acceptors (Lipinski definition) is 4. The first-order chi connectivity index (χ1) is 19.0. The Morgan fingerprint density at radius 1 is 0.439 bits per heavy atom. The van der Waals surface area contributed by atoms with E-state index in [0.29, 0.717) is 0 Å². The first-order valence-electron chi connectivity index (χ1n) is 12.3. The van der Waals surface area contributed by atoms with Gasteiger partial charge in [-0.25, -0.2) is 19.2 Å². The fraction of sp³-hybridized carbons (Fsp3) is 0.125. The summed E-state index contributed by atoms with van der Waals surface area (Å²) in [4.78, 5) is 44.4. The van der Waals surface area contributed by atoms with Crippen molar-refractivity contribution in [1.29, 1.82) is 0 Å². The molecule has 0 fully saturated rings. The van der Waals surface area contributed by atoms with Crippen molar-refractivity contribution in [3.05, 3.63) is 142 Å². The average Bonchev–Trinajstić information content (AvgIpc) is 2.96. The molecule has 4 aromatic carbocycles. The Balaban J connectivity index is 0.000000280. The van der Waals surface area contributed by atoms with Gasteiger partial charge < -0.3 is 20.4 Å². The SMILES string of the molecule is CC(c1ccccc1)c1ccc(C(=O)O)c(C(=O)O)c1.CC(c1ccccc1)c1ccc(C(=O)O)c(C(=O)O)c1.[Zr]. The molecule has 208 valence electrons. The monoisotopic (exact) mass is 630 g/mol. The largest absolute Gasteiger partial charge is 0.478 e.